The Hall–Kier alpha value is -2.95. The van der Waals surface area contributed by atoms with Gasteiger partial charge in [-0.15, -0.1) is 0 Å². The predicted octanol–water partition coefficient (Wildman–Crippen LogP) is 4.57. The van der Waals surface area contributed by atoms with Gasteiger partial charge in [-0.05, 0) is 77.1 Å². The molecule has 0 spiro atoms. The van der Waals surface area contributed by atoms with Gasteiger partial charge in [-0.25, -0.2) is 0 Å². The fraction of sp³-hybridized carbons (Fsp3) is 0.375. The highest BCUT2D eigenvalue weighted by Crippen LogP contribution is 2.44. The molecule has 0 N–H and O–H groups in total. The molecule has 1 atom stereocenters. The quantitative estimate of drug-likeness (QED) is 0.614. The van der Waals surface area contributed by atoms with Crippen LogP contribution in [0.15, 0.2) is 30.3 Å². The number of piperidine rings is 1. The zero-order chi connectivity index (χ0) is 20.1. The van der Waals surface area contributed by atoms with Crippen molar-refractivity contribution in [2.24, 2.45) is 0 Å². The van der Waals surface area contributed by atoms with Crippen LogP contribution in [0.2, 0.25) is 0 Å². The summed E-state index contributed by atoms with van der Waals surface area (Å²) in [5.41, 5.74) is 1.97. The zero-order valence-corrected chi connectivity index (χ0v) is 17.1. The summed E-state index contributed by atoms with van der Waals surface area (Å²) in [6.45, 7) is 0.846. The summed E-state index contributed by atoms with van der Waals surface area (Å²) in [5, 5.41) is 4.11. The van der Waals surface area contributed by atoms with Crippen LogP contribution < -0.4 is 14.2 Å². The van der Waals surface area contributed by atoms with Gasteiger partial charge >= 0.3 is 0 Å². The molecule has 29 heavy (non-hydrogen) atoms. The van der Waals surface area contributed by atoms with Gasteiger partial charge in [-0.1, -0.05) is 6.07 Å². The molecule has 0 aliphatic carbocycles. The zero-order valence-electron chi connectivity index (χ0n) is 17.1. The van der Waals surface area contributed by atoms with Crippen molar-refractivity contribution in [2.75, 3.05) is 27.9 Å². The van der Waals surface area contributed by atoms with E-state index in [9.17, 15) is 4.79 Å². The molecule has 0 aromatic heterocycles. The third kappa shape index (κ3) is 2.64. The number of carbonyl (C=O) groups is 1. The third-order valence-electron chi connectivity index (χ3n) is 6.48. The van der Waals surface area contributed by atoms with Gasteiger partial charge in [-0.2, -0.15) is 0 Å². The largest absolute Gasteiger partial charge is 0.497 e. The molecule has 0 saturated carbocycles. The lowest BCUT2D eigenvalue weighted by Gasteiger charge is -2.41. The Bertz CT molecular complexity index is 1140. The number of fused-ring (bicyclic) bond motifs is 7. The number of amides is 1. The number of methoxy groups -OCH3 is 3. The standard InChI is InChI=1S/C24H25NO4/c1-27-15-7-8-16-17(11-15)18-12-21(28-2)22(29-3)13-20(18)23-19(16)10-14-6-4-5-9-25(14)24(23)26/h7-8,11-14H,4-6,9-10H2,1-3H3/t14-/m1/s1. The van der Waals surface area contributed by atoms with E-state index in [2.05, 4.69) is 17.0 Å². The molecule has 0 unspecified atom stereocenters. The fourth-order valence-electron chi connectivity index (χ4n) is 5.06. The molecule has 1 fully saturated rings. The first-order chi connectivity index (χ1) is 14.2. The summed E-state index contributed by atoms with van der Waals surface area (Å²) < 4.78 is 16.6. The molecule has 1 saturated heterocycles. The first kappa shape index (κ1) is 18.1. The van der Waals surface area contributed by atoms with Crippen molar-refractivity contribution in [3.05, 3.63) is 41.5 Å². The second-order valence-electron chi connectivity index (χ2n) is 7.87. The lowest BCUT2D eigenvalue weighted by molar-refractivity contribution is 0.0586. The predicted molar refractivity (Wildman–Crippen MR) is 113 cm³/mol. The van der Waals surface area contributed by atoms with Gasteiger partial charge in [0.1, 0.15) is 5.75 Å². The summed E-state index contributed by atoms with van der Waals surface area (Å²) in [7, 11) is 4.94. The van der Waals surface area contributed by atoms with Crippen LogP contribution in [-0.4, -0.2) is 44.7 Å². The van der Waals surface area contributed by atoms with E-state index in [-0.39, 0.29) is 5.91 Å². The summed E-state index contributed by atoms with van der Waals surface area (Å²) in [6, 6.07) is 10.4. The number of hydrogen-bond donors (Lipinski definition) is 0. The normalized spacial score (nSPS) is 18.5. The van der Waals surface area contributed by atoms with Crippen molar-refractivity contribution in [3.8, 4) is 17.2 Å². The van der Waals surface area contributed by atoms with Crippen molar-refractivity contribution >= 4 is 27.5 Å². The molecular formula is C24H25NO4. The van der Waals surface area contributed by atoms with E-state index < -0.39 is 0 Å². The van der Waals surface area contributed by atoms with Crippen molar-refractivity contribution in [1.29, 1.82) is 0 Å². The van der Waals surface area contributed by atoms with Gasteiger partial charge < -0.3 is 19.1 Å². The molecule has 5 rings (SSSR count). The number of rotatable bonds is 3. The minimum Gasteiger partial charge on any atom is -0.497 e. The summed E-state index contributed by atoms with van der Waals surface area (Å²) in [6.07, 6.45) is 4.24. The van der Waals surface area contributed by atoms with E-state index in [4.69, 9.17) is 14.2 Å². The fourth-order valence-corrected chi connectivity index (χ4v) is 5.06. The first-order valence-electron chi connectivity index (χ1n) is 10.2. The van der Waals surface area contributed by atoms with E-state index >= 15 is 0 Å². The second-order valence-corrected chi connectivity index (χ2v) is 7.87. The number of ether oxygens (including phenoxy) is 3. The topological polar surface area (TPSA) is 48.0 Å². The lowest BCUT2D eigenvalue weighted by Crippen LogP contribution is -2.48. The minimum atomic E-state index is 0.144. The number of hydrogen-bond acceptors (Lipinski definition) is 4. The van der Waals surface area contributed by atoms with E-state index in [0.29, 0.717) is 17.5 Å². The molecule has 3 aromatic carbocycles. The van der Waals surface area contributed by atoms with Crippen molar-refractivity contribution < 1.29 is 19.0 Å². The minimum absolute atomic E-state index is 0.144. The molecule has 0 radical (unpaired) electrons. The number of carbonyl (C=O) groups excluding carboxylic acids is 1. The molecular weight excluding hydrogens is 366 g/mol. The van der Waals surface area contributed by atoms with Gasteiger partial charge in [0.05, 0.1) is 26.9 Å². The Balaban J connectivity index is 1.90. The maximum absolute atomic E-state index is 13.6. The average molecular weight is 391 g/mol. The van der Waals surface area contributed by atoms with Crippen LogP contribution in [0.1, 0.15) is 35.2 Å². The van der Waals surface area contributed by atoms with Crippen molar-refractivity contribution in [3.63, 3.8) is 0 Å². The van der Waals surface area contributed by atoms with Gasteiger partial charge in [0.2, 0.25) is 0 Å². The van der Waals surface area contributed by atoms with Crippen molar-refractivity contribution in [2.45, 2.75) is 31.7 Å². The van der Waals surface area contributed by atoms with Gasteiger partial charge in [0.15, 0.2) is 11.5 Å². The molecule has 5 nitrogen and oxygen atoms in total. The van der Waals surface area contributed by atoms with Crippen LogP contribution in [0.3, 0.4) is 0 Å². The molecule has 1 amide bonds. The van der Waals surface area contributed by atoms with Crippen molar-refractivity contribution in [1.82, 2.24) is 4.90 Å². The number of benzene rings is 3. The molecule has 2 heterocycles. The van der Waals surface area contributed by atoms with Crippen LogP contribution in [0.4, 0.5) is 0 Å². The average Bonchev–Trinajstić information content (AvgIpc) is 2.77. The van der Waals surface area contributed by atoms with E-state index in [0.717, 1.165) is 64.2 Å². The third-order valence-corrected chi connectivity index (χ3v) is 6.48. The van der Waals surface area contributed by atoms with Crippen LogP contribution in [0.5, 0.6) is 17.2 Å². The molecule has 5 heteroatoms. The number of nitrogens with zero attached hydrogens (tertiary/aromatic N) is 1. The molecule has 2 aliphatic rings. The maximum atomic E-state index is 13.6. The Morgan fingerprint density at radius 2 is 1.59 bits per heavy atom. The summed E-state index contributed by atoms with van der Waals surface area (Å²) in [5.74, 6) is 2.24. The Labute approximate surface area is 170 Å². The molecule has 0 bridgehead atoms. The van der Waals surface area contributed by atoms with Gasteiger partial charge in [-0.3, -0.25) is 4.79 Å². The lowest BCUT2D eigenvalue weighted by atomic mass is 9.82. The summed E-state index contributed by atoms with van der Waals surface area (Å²) >= 11 is 0. The van der Waals surface area contributed by atoms with Gasteiger partial charge in [0.25, 0.3) is 5.91 Å². The molecule has 150 valence electrons. The molecule has 3 aromatic rings. The highest BCUT2D eigenvalue weighted by molar-refractivity contribution is 6.20. The monoisotopic (exact) mass is 391 g/mol. The SMILES string of the molecule is COc1ccc2c3c(c4cc(OC)c(OC)cc4c2c1)C(=O)N1CCCC[C@@H]1C3. The van der Waals surface area contributed by atoms with Crippen LogP contribution >= 0.6 is 0 Å². The Kier molecular flexibility index (Phi) is 4.26. The second kappa shape index (κ2) is 6.83. The highest BCUT2D eigenvalue weighted by atomic mass is 16.5. The first-order valence-corrected chi connectivity index (χ1v) is 10.2. The Morgan fingerprint density at radius 1 is 0.862 bits per heavy atom. The summed E-state index contributed by atoms with van der Waals surface area (Å²) in [4.78, 5) is 15.7. The van der Waals surface area contributed by atoms with Crippen LogP contribution in [0, 0.1) is 0 Å². The van der Waals surface area contributed by atoms with Crippen LogP contribution in [0.25, 0.3) is 21.5 Å². The van der Waals surface area contributed by atoms with E-state index in [1.54, 1.807) is 21.3 Å². The Morgan fingerprint density at radius 3 is 2.31 bits per heavy atom. The van der Waals surface area contributed by atoms with E-state index in [1.807, 2.05) is 18.2 Å². The maximum Gasteiger partial charge on any atom is 0.255 e. The van der Waals surface area contributed by atoms with Gasteiger partial charge in [0, 0.05) is 12.6 Å². The van der Waals surface area contributed by atoms with E-state index in [1.165, 1.54) is 6.42 Å². The molecule has 2 aliphatic heterocycles. The highest BCUT2D eigenvalue weighted by Gasteiger charge is 2.36. The van der Waals surface area contributed by atoms with Crippen LogP contribution in [-0.2, 0) is 6.42 Å². The smallest absolute Gasteiger partial charge is 0.255 e.